The minimum atomic E-state index is 0.585. The first-order valence-electron chi connectivity index (χ1n) is 5.54. The fourth-order valence-corrected chi connectivity index (χ4v) is 1.75. The lowest BCUT2D eigenvalue weighted by atomic mass is 10.2. The van der Waals surface area contributed by atoms with Crippen molar-refractivity contribution in [2.45, 2.75) is 24.6 Å². The van der Waals surface area contributed by atoms with Crippen LogP contribution in [0, 0.1) is 11.3 Å². The van der Waals surface area contributed by atoms with Gasteiger partial charge in [0.25, 0.3) is 0 Å². The predicted octanol–water partition coefficient (Wildman–Crippen LogP) is 3.66. The van der Waals surface area contributed by atoms with Crippen molar-refractivity contribution >= 4 is 15.9 Å². The summed E-state index contributed by atoms with van der Waals surface area (Å²) < 4.78 is 10.9. The molecule has 0 unspecified atom stereocenters. The normalized spacial score (nSPS) is 9.71. The van der Waals surface area contributed by atoms with Crippen LogP contribution in [0.3, 0.4) is 0 Å². The van der Waals surface area contributed by atoms with E-state index in [0.29, 0.717) is 13.0 Å². The molecule has 0 radical (unpaired) electrons. The smallest absolute Gasteiger partial charge is 0.161 e. The highest BCUT2D eigenvalue weighted by molar-refractivity contribution is 9.08. The van der Waals surface area contributed by atoms with E-state index >= 15 is 0 Å². The Balaban J connectivity index is 2.53. The molecule has 3 nitrogen and oxygen atoms in total. The zero-order valence-electron chi connectivity index (χ0n) is 9.91. The molecule has 0 saturated heterocycles. The number of benzene rings is 1. The molecule has 0 saturated carbocycles. The Kier molecular flexibility index (Phi) is 6.49. The summed E-state index contributed by atoms with van der Waals surface area (Å²) in [5.41, 5.74) is 1.15. The van der Waals surface area contributed by atoms with Gasteiger partial charge in [0, 0.05) is 11.8 Å². The topological polar surface area (TPSA) is 42.2 Å². The highest BCUT2D eigenvalue weighted by Gasteiger charge is 2.05. The third-order valence-corrected chi connectivity index (χ3v) is 2.97. The molecule has 1 rings (SSSR count). The molecule has 0 aliphatic carbocycles. The molecule has 0 amide bonds. The van der Waals surface area contributed by atoms with Gasteiger partial charge in [-0.2, -0.15) is 5.26 Å². The predicted molar refractivity (Wildman–Crippen MR) is 70.6 cm³/mol. The van der Waals surface area contributed by atoms with Gasteiger partial charge in [-0.3, -0.25) is 0 Å². The summed E-state index contributed by atoms with van der Waals surface area (Å²) in [6.45, 7) is 0.615. The average molecular weight is 298 g/mol. The zero-order chi connectivity index (χ0) is 12.5. The molecule has 92 valence electrons. The molecule has 0 aliphatic rings. The lowest BCUT2D eigenvalue weighted by molar-refractivity contribution is 0.287. The number of nitrogens with zero attached hydrogens (tertiary/aromatic N) is 1. The number of methoxy groups -OCH3 is 1. The van der Waals surface area contributed by atoms with Gasteiger partial charge < -0.3 is 9.47 Å². The molecular formula is C13H16BrNO2. The minimum absolute atomic E-state index is 0.585. The molecule has 4 heteroatoms. The number of halogens is 1. The van der Waals surface area contributed by atoms with Gasteiger partial charge in [0.2, 0.25) is 0 Å². The number of ether oxygens (including phenoxy) is 2. The second-order valence-corrected chi connectivity index (χ2v) is 4.14. The summed E-state index contributed by atoms with van der Waals surface area (Å²) in [7, 11) is 1.63. The van der Waals surface area contributed by atoms with E-state index in [4.69, 9.17) is 14.7 Å². The SMILES string of the molecule is COc1ccc(CBr)cc1OCCCCC#N. The monoisotopic (exact) mass is 297 g/mol. The number of rotatable bonds is 7. The maximum absolute atomic E-state index is 8.42. The molecule has 1 aromatic rings. The van der Waals surface area contributed by atoms with Gasteiger partial charge in [-0.05, 0) is 30.5 Å². The van der Waals surface area contributed by atoms with Crippen molar-refractivity contribution in [2.75, 3.05) is 13.7 Å². The summed E-state index contributed by atoms with van der Waals surface area (Å²) in [6, 6.07) is 7.99. The number of nitriles is 1. The van der Waals surface area contributed by atoms with E-state index in [1.54, 1.807) is 7.11 Å². The van der Waals surface area contributed by atoms with Gasteiger partial charge in [-0.1, -0.05) is 22.0 Å². The highest BCUT2D eigenvalue weighted by atomic mass is 79.9. The minimum Gasteiger partial charge on any atom is -0.493 e. The van der Waals surface area contributed by atoms with E-state index in [-0.39, 0.29) is 0 Å². The summed E-state index contributed by atoms with van der Waals surface area (Å²) in [5.74, 6) is 1.51. The van der Waals surface area contributed by atoms with Crippen LogP contribution < -0.4 is 9.47 Å². The Labute approximate surface area is 110 Å². The summed E-state index contributed by atoms with van der Waals surface area (Å²) in [4.78, 5) is 0. The summed E-state index contributed by atoms with van der Waals surface area (Å²) in [6.07, 6.45) is 2.34. The Bertz CT molecular complexity index is 387. The Hall–Kier alpha value is -1.21. The van der Waals surface area contributed by atoms with Crippen LogP contribution in [-0.4, -0.2) is 13.7 Å². The average Bonchev–Trinajstić information content (AvgIpc) is 2.38. The van der Waals surface area contributed by atoms with E-state index < -0.39 is 0 Å². The van der Waals surface area contributed by atoms with E-state index in [1.807, 2.05) is 18.2 Å². The van der Waals surface area contributed by atoms with Crippen LogP contribution in [0.15, 0.2) is 18.2 Å². The van der Waals surface area contributed by atoms with Crippen molar-refractivity contribution in [1.29, 1.82) is 5.26 Å². The largest absolute Gasteiger partial charge is 0.493 e. The molecular weight excluding hydrogens is 282 g/mol. The molecule has 17 heavy (non-hydrogen) atoms. The first-order chi connectivity index (χ1) is 8.31. The fraction of sp³-hybridized carbons (Fsp3) is 0.462. The number of hydrogen-bond acceptors (Lipinski definition) is 3. The molecule has 0 aliphatic heterocycles. The van der Waals surface area contributed by atoms with Crippen LogP contribution in [0.5, 0.6) is 11.5 Å². The number of hydrogen-bond donors (Lipinski definition) is 0. The summed E-state index contributed by atoms with van der Waals surface area (Å²) in [5, 5.41) is 9.21. The van der Waals surface area contributed by atoms with Crippen LogP contribution in [-0.2, 0) is 5.33 Å². The molecule has 0 aromatic heterocycles. The van der Waals surface area contributed by atoms with E-state index in [1.165, 1.54) is 0 Å². The van der Waals surface area contributed by atoms with Gasteiger partial charge in [0.15, 0.2) is 11.5 Å². The number of unbranched alkanes of at least 4 members (excludes halogenated alkanes) is 2. The van der Waals surface area contributed by atoms with Gasteiger partial charge in [-0.25, -0.2) is 0 Å². The summed E-state index contributed by atoms with van der Waals surface area (Å²) >= 11 is 3.41. The Morgan fingerprint density at radius 3 is 2.76 bits per heavy atom. The standard InChI is InChI=1S/C13H16BrNO2/c1-16-12-6-5-11(10-14)9-13(12)17-8-4-2-3-7-15/h5-6,9H,2-4,8,10H2,1H3. The Morgan fingerprint density at radius 1 is 1.29 bits per heavy atom. The molecule has 0 spiro atoms. The molecule has 0 atom stereocenters. The van der Waals surface area contributed by atoms with E-state index in [2.05, 4.69) is 22.0 Å². The second-order valence-electron chi connectivity index (χ2n) is 3.58. The molecule has 0 bridgehead atoms. The van der Waals surface area contributed by atoms with Crippen LogP contribution in [0.25, 0.3) is 0 Å². The third kappa shape index (κ3) is 4.66. The van der Waals surface area contributed by atoms with Gasteiger partial charge in [-0.15, -0.1) is 0 Å². The van der Waals surface area contributed by atoms with Crippen molar-refractivity contribution < 1.29 is 9.47 Å². The lowest BCUT2D eigenvalue weighted by Gasteiger charge is -2.11. The fourth-order valence-electron chi connectivity index (χ4n) is 1.41. The van der Waals surface area contributed by atoms with Gasteiger partial charge in [0.1, 0.15) is 0 Å². The number of alkyl halides is 1. The molecule has 0 heterocycles. The van der Waals surface area contributed by atoms with E-state index in [9.17, 15) is 0 Å². The van der Waals surface area contributed by atoms with Crippen molar-refractivity contribution in [3.63, 3.8) is 0 Å². The van der Waals surface area contributed by atoms with Crippen molar-refractivity contribution in [3.05, 3.63) is 23.8 Å². The van der Waals surface area contributed by atoms with Gasteiger partial charge >= 0.3 is 0 Å². The van der Waals surface area contributed by atoms with Crippen LogP contribution in [0.4, 0.5) is 0 Å². The first-order valence-corrected chi connectivity index (χ1v) is 6.66. The van der Waals surface area contributed by atoms with Gasteiger partial charge in [0.05, 0.1) is 19.8 Å². The molecule has 0 fully saturated rings. The quantitative estimate of drug-likeness (QED) is 0.570. The molecule has 1 aromatic carbocycles. The van der Waals surface area contributed by atoms with Crippen LogP contribution >= 0.6 is 15.9 Å². The van der Waals surface area contributed by atoms with E-state index in [0.717, 1.165) is 35.2 Å². The maximum Gasteiger partial charge on any atom is 0.161 e. The first kappa shape index (κ1) is 13.9. The van der Waals surface area contributed by atoms with Crippen molar-refractivity contribution in [3.8, 4) is 17.6 Å². The maximum atomic E-state index is 8.42. The van der Waals surface area contributed by atoms with Crippen molar-refractivity contribution in [2.24, 2.45) is 0 Å². The third-order valence-electron chi connectivity index (χ3n) is 2.32. The van der Waals surface area contributed by atoms with Crippen molar-refractivity contribution in [1.82, 2.24) is 0 Å². The van der Waals surface area contributed by atoms with Crippen LogP contribution in [0.1, 0.15) is 24.8 Å². The van der Waals surface area contributed by atoms with Crippen LogP contribution in [0.2, 0.25) is 0 Å². The zero-order valence-corrected chi connectivity index (χ0v) is 11.5. The lowest BCUT2D eigenvalue weighted by Crippen LogP contribution is -1.99. The Morgan fingerprint density at radius 2 is 2.12 bits per heavy atom. The molecule has 0 N–H and O–H groups in total. The highest BCUT2D eigenvalue weighted by Crippen LogP contribution is 2.29. The second kappa shape index (κ2) is 7.97.